The third-order valence-electron chi connectivity index (χ3n) is 1.69. The van der Waals surface area contributed by atoms with Crippen molar-refractivity contribution in [3.63, 3.8) is 0 Å². The molecule has 1 nitrogen and oxygen atoms in total. The molecule has 1 aromatic rings. The average Bonchev–Trinajstić information content (AvgIpc) is 2.20. The zero-order valence-electron chi connectivity index (χ0n) is 7.31. The summed E-state index contributed by atoms with van der Waals surface area (Å²) in [7, 11) is 0. The monoisotopic (exact) mass is 229 g/mol. The third kappa shape index (κ3) is 2.06. The molecule has 0 aliphatic carbocycles. The van der Waals surface area contributed by atoms with Crippen LogP contribution in [0, 0.1) is 17.1 Å². The summed E-state index contributed by atoms with van der Waals surface area (Å²) in [6.07, 6.45) is 0. The number of halogens is 3. The van der Waals surface area contributed by atoms with Gasteiger partial charge in [0.1, 0.15) is 5.82 Å². The van der Waals surface area contributed by atoms with Crippen LogP contribution >= 0.6 is 23.2 Å². The Hall–Kier alpha value is -1.04. The van der Waals surface area contributed by atoms with Crippen LogP contribution in [-0.2, 0) is 0 Å². The van der Waals surface area contributed by atoms with Gasteiger partial charge in [0.2, 0.25) is 0 Å². The van der Waals surface area contributed by atoms with Gasteiger partial charge in [-0.25, -0.2) is 4.39 Å². The molecule has 0 saturated heterocycles. The van der Waals surface area contributed by atoms with Crippen molar-refractivity contribution in [3.8, 4) is 6.07 Å². The maximum Gasteiger partial charge on any atom is 0.142 e. The molecule has 0 amide bonds. The van der Waals surface area contributed by atoms with E-state index in [1.165, 1.54) is 12.1 Å². The number of hydrogen-bond donors (Lipinski definition) is 0. The van der Waals surface area contributed by atoms with E-state index in [-0.39, 0.29) is 10.1 Å². The number of rotatable bonds is 1. The highest BCUT2D eigenvalue weighted by atomic mass is 35.5. The fourth-order valence-electron chi connectivity index (χ4n) is 0.924. The van der Waals surface area contributed by atoms with Crippen molar-refractivity contribution in [1.82, 2.24) is 0 Å². The molecule has 0 radical (unpaired) electrons. The molecule has 0 aromatic heterocycles. The predicted octanol–water partition coefficient (Wildman–Crippen LogP) is 3.97. The van der Waals surface area contributed by atoms with Crippen LogP contribution in [0.4, 0.5) is 4.39 Å². The highest BCUT2D eigenvalue weighted by molar-refractivity contribution is 6.51. The molecule has 4 heteroatoms. The first kappa shape index (κ1) is 11.0. The summed E-state index contributed by atoms with van der Waals surface area (Å²) in [6.45, 7) is 1.55. The Balaban J connectivity index is 3.36. The molecule has 0 aliphatic rings. The Morgan fingerprint density at radius 3 is 2.71 bits per heavy atom. The van der Waals surface area contributed by atoms with E-state index < -0.39 is 5.82 Å². The Bertz CT molecular complexity index is 432. The van der Waals surface area contributed by atoms with Gasteiger partial charge in [0.15, 0.2) is 0 Å². The Labute approximate surface area is 91.4 Å². The summed E-state index contributed by atoms with van der Waals surface area (Å²) < 4.78 is 13.0. The van der Waals surface area contributed by atoms with E-state index in [4.69, 9.17) is 28.5 Å². The van der Waals surface area contributed by atoms with Crippen molar-refractivity contribution < 1.29 is 4.39 Å². The van der Waals surface area contributed by atoms with Gasteiger partial charge in [0.05, 0.1) is 16.1 Å². The summed E-state index contributed by atoms with van der Waals surface area (Å²) >= 11 is 11.5. The van der Waals surface area contributed by atoms with Gasteiger partial charge in [-0.05, 0) is 13.0 Å². The summed E-state index contributed by atoms with van der Waals surface area (Å²) in [4.78, 5) is 0. The second-order valence-corrected chi connectivity index (χ2v) is 3.41. The first-order valence-electron chi connectivity index (χ1n) is 3.78. The van der Waals surface area contributed by atoms with Crippen molar-refractivity contribution in [2.45, 2.75) is 6.92 Å². The SMILES string of the molecule is C/C(C#N)=C(/Cl)c1cccc(F)c1Cl. The second kappa shape index (κ2) is 4.45. The molecule has 1 aromatic carbocycles. The van der Waals surface area contributed by atoms with Gasteiger partial charge in [-0.2, -0.15) is 5.26 Å². The van der Waals surface area contributed by atoms with Gasteiger partial charge < -0.3 is 0 Å². The number of allylic oxidation sites excluding steroid dienone is 1. The van der Waals surface area contributed by atoms with E-state index in [0.717, 1.165) is 0 Å². The lowest BCUT2D eigenvalue weighted by Crippen LogP contribution is -1.86. The fraction of sp³-hybridized carbons (Fsp3) is 0.100. The summed E-state index contributed by atoms with van der Waals surface area (Å²) in [6, 6.07) is 6.16. The Morgan fingerprint density at radius 1 is 1.50 bits per heavy atom. The van der Waals surface area contributed by atoms with Crippen molar-refractivity contribution in [1.29, 1.82) is 5.26 Å². The number of nitrogens with zero attached hydrogens (tertiary/aromatic N) is 1. The van der Waals surface area contributed by atoms with Gasteiger partial charge >= 0.3 is 0 Å². The summed E-state index contributed by atoms with van der Waals surface area (Å²) in [5.41, 5.74) is 0.645. The van der Waals surface area contributed by atoms with Crippen LogP contribution in [0.5, 0.6) is 0 Å². The van der Waals surface area contributed by atoms with Crippen LogP contribution in [-0.4, -0.2) is 0 Å². The van der Waals surface area contributed by atoms with E-state index in [0.29, 0.717) is 11.1 Å². The second-order valence-electron chi connectivity index (χ2n) is 2.65. The first-order valence-corrected chi connectivity index (χ1v) is 4.54. The Kier molecular flexibility index (Phi) is 3.51. The van der Waals surface area contributed by atoms with E-state index >= 15 is 0 Å². The van der Waals surface area contributed by atoms with Crippen LogP contribution in [0.1, 0.15) is 12.5 Å². The molecule has 0 fully saturated rings. The Morgan fingerprint density at radius 2 is 2.14 bits per heavy atom. The molecular formula is C10H6Cl2FN. The lowest BCUT2D eigenvalue weighted by Gasteiger charge is -2.03. The van der Waals surface area contributed by atoms with Crippen molar-refractivity contribution >= 4 is 28.2 Å². The van der Waals surface area contributed by atoms with Gasteiger partial charge in [0, 0.05) is 11.1 Å². The lowest BCUT2D eigenvalue weighted by molar-refractivity contribution is 0.628. The highest BCUT2D eigenvalue weighted by Crippen LogP contribution is 2.30. The molecule has 72 valence electrons. The molecule has 0 aliphatic heterocycles. The fourth-order valence-corrected chi connectivity index (χ4v) is 1.39. The van der Waals surface area contributed by atoms with Gasteiger partial charge in [0.25, 0.3) is 0 Å². The van der Waals surface area contributed by atoms with E-state index in [9.17, 15) is 4.39 Å². The molecule has 14 heavy (non-hydrogen) atoms. The van der Waals surface area contributed by atoms with Gasteiger partial charge in [-0.1, -0.05) is 35.3 Å². The van der Waals surface area contributed by atoms with Gasteiger partial charge in [-0.15, -0.1) is 0 Å². The van der Waals surface area contributed by atoms with Crippen molar-refractivity contribution in [2.75, 3.05) is 0 Å². The van der Waals surface area contributed by atoms with Crippen LogP contribution in [0.15, 0.2) is 23.8 Å². The van der Waals surface area contributed by atoms with E-state index in [1.807, 2.05) is 6.07 Å². The largest absolute Gasteiger partial charge is 0.205 e. The van der Waals surface area contributed by atoms with Crippen LogP contribution in [0.3, 0.4) is 0 Å². The summed E-state index contributed by atoms with van der Waals surface area (Å²) in [5.74, 6) is -0.548. The summed E-state index contributed by atoms with van der Waals surface area (Å²) in [5, 5.41) is 8.71. The standard InChI is InChI=1S/C10H6Cl2FN/c1-6(5-14)9(11)7-3-2-4-8(13)10(7)12/h2-4H,1H3/b9-6-. The molecule has 0 heterocycles. The minimum atomic E-state index is -0.548. The van der Waals surface area contributed by atoms with E-state index in [1.54, 1.807) is 13.0 Å². The molecule has 0 atom stereocenters. The molecule has 0 N–H and O–H groups in total. The van der Waals surface area contributed by atoms with Crippen molar-refractivity contribution in [2.24, 2.45) is 0 Å². The quantitative estimate of drug-likeness (QED) is 0.669. The maximum absolute atomic E-state index is 13.0. The molecular weight excluding hydrogens is 224 g/mol. The van der Waals surface area contributed by atoms with Crippen LogP contribution in [0.25, 0.3) is 5.03 Å². The minimum Gasteiger partial charge on any atom is -0.205 e. The topological polar surface area (TPSA) is 23.8 Å². The number of nitriles is 1. The molecule has 0 saturated carbocycles. The number of hydrogen-bond acceptors (Lipinski definition) is 1. The molecule has 1 rings (SSSR count). The zero-order chi connectivity index (χ0) is 10.7. The minimum absolute atomic E-state index is 0.0629. The molecule has 0 spiro atoms. The average molecular weight is 230 g/mol. The lowest BCUT2D eigenvalue weighted by atomic mass is 10.1. The van der Waals surface area contributed by atoms with Gasteiger partial charge in [-0.3, -0.25) is 0 Å². The van der Waals surface area contributed by atoms with Crippen LogP contribution < -0.4 is 0 Å². The normalized spacial score (nSPS) is 11.9. The number of benzene rings is 1. The van der Waals surface area contributed by atoms with Crippen LogP contribution in [0.2, 0.25) is 5.02 Å². The van der Waals surface area contributed by atoms with Crippen molar-refractivity contribution in [3.05, 3.63) is 40.2 Å². The maximum atomic E-state index is 13.0. The third-order valence-corrected chi connectivity index (χ3v) is 2.56. The van der Waals surface area contributed by atoms with E-state index in [2.05, 4.69) is 0 Å². The highest BCUT2D eigenvalue weighted by Gasteiger charge is 2.10. The first-order chi connectivity index (χ1) is 6.57. The molecule has 0 bridgehead atoms. The molecule has 0 unspecified atom stereocenters. The smallest absolute Gasteiger partial charge is 0.142 e. The predicted molar refractivity (Wildman–Crippen MR) is 55.5 cm³/mol. The zero-order valence-corrected chi connectivity index (χ0v) is 8.83.